The molecule has 4 rings (SSSR count). The first-order valence-electron chi connectivity index (χ1n) is 9.23. The van der Waals surface area contributed by atoms with Crippen molar-refractivity contribution < 1.29 is 4.79 Å². The van der Waals surface area contributed by atoms with Crippen molar-refractivity contribution in [1.29, 1.82) is 0 Å². The summed E-state index contributed by atoms with van der Waals surface area (Å²) in [4.78, 5) is 21.6. The first-order chi connectivity index (χ1) is 12.2. The Bertz CT molecular complexity index is 733. The Kier molecular flexibility index (Phi) is 4.42. The highest BCUT2D eigenvalue weighted by Gasteiger charge is 2.27. The van der Waals surface area contributed by atoms with Gasteiger partial charge in [-0.2, -0.15) is 5.10 Å². The van der Waals surface area contributed by atoms with Gasteiger partial charge in [0.2, 0.25) is 0 Å². The molecule has 2 aliphatic rings. The second-order valence-electron chi connectivity index (χ2n) is 7.17. The predicted octanol–water partition coefficient (Wildman–Crippen LogP) is 2.73. The zero-order chi connectivity index (χ0) is 17.2. The maximum atomic E-state index is 12.9. The van der Waals surface area contributed by atoms with Crippen molar-refractivity contribution in [2.24, 2.45) is 0 Å². The van der Waals surface area contributed by atoms with Gasteiger partial charge in [-0.15, -0.1) is 0 Å². The van der Waals surface area contributed by atoms with Crippen LogP contribution in [-0.2, 0) is 0 Å². The van der Waals surface area contributed by atoms with Crippen molar-refractivity contribution >= 4 is 11.7 Å². The van der Waals surface area contributed by atoms with Gasteiger partial charge in [-0.1, -0.05) is 0 Å². The van der Waals surface area contributed by atoms with Gasteiger partial charge in [0.1, 0.15) is 5.82 Å². The van der Waals surface area contributed by atoms with Gasteiger partial charge in [-0.05, 0) is 50.8 Å². The molecule has 25 heavy (non-hydrogen) atoms. The number of carbonyl (C=O) groups is 1. The fourth-order valence-corrected chi connectivity index (χ4v) is 3.88. The molecule has 2 saturated heterocycles. The third kappa shape index (κ3) is 3.38. The standard InChI is InChI=1S/C19H25N5O/c1-14-11-17(22-21-14)16-5-4-10-24(13-16)19(25)15-6-7-18(20-12-15)23-8-2-3-9-23/h6-7,11-12,16H,2-5,8-10,13H2,1H3,(H,21,22). The fraction of sp³-hybridized carbons (Fsp3) is 0.526. The average Bonchev–Trinajstić information content (AvgIpc) is 3.33. The van der Waals surface area contributed by atoms with E-state index in [9.17, 15) is 4.79 Å². The van der Waals surface area contributed by atoms with Gasteiger partial charge in [0.15, 0.2) is 0 Å². The first-order valence-corrected chi connectivity index (χ1v) is 9.23. The largest absolute Gasteiger partial charge is 0.357 e. The molecule has 1 N–H and O–H groups in total. The van der Waals surface area contributed by atoms with Crippen molar-refractivity contribution in [3.8, 4) is 0 Å². The highest BCUT2D eigenvalue weighted by Crippen LogP contribution is 2.27. The number of rotatable bonds is 3. The smallest absolute Gasteiger partial charge is 0.255 e. The molecule has 0 saturated carbocycles. The van der Waals surface area contributed by atoms with Gasteiger partial charge in [0.05, 0.1) is 11.3 Å². The molecule has 0 aliphatic carbocycles. The molecule has 0 radical (unpaired) electrons. The van der Waals surface area contributed by atoms with Crippen LogP contribution >= 0.6 is 0 Å². The second-order valence-corrected chi connectivity index (χ2v) is 7.17. The van der Waals surface area contributed by atoms with Crippen LogP contribution in [0.4, 0.5) is 5.82 Å². The maximum Gasteiger partial charge on any atom is 0.255 e. The van der Waals surface area contributed by atoms with E-state index in [-0.39, 0.29) is 5.91 Å². The van der Waals surface area contributed by atoms with Crippen molar-refractivity contribution in [2.45, 2.75) is 38.5 Å². The highest BCUT2D eigenvalue weighted by atomic mass is 16.2. The number of anilines is 1. The third-order valence-corrected chi connectivity index (χ3v) is 5.28. The molecule has 2 fully saturated rings. The number of amides is 1. The van der Waals surface area contributed by atoms with Crippen molar-refractivity contribution in [1.82, 2.24) is 20.1 Å². The zero-order valence-corrected chi connectivity index (χ0v) is 14.7. The van der Waals surface area contributed by atoms with Gasteiger partial charge in [0.25, 0.3) is 5.91 Å². The van der Waals surface area contributed by atoms with Crippen LogP contribution < -0.4 is 4.90 Å². The molecule has 0 spiro atoms. The van der Waals surface area contributed by atoms with Crippen LogP contribution in [0.15, 0.2) is 24.4 Å². The summed E-state index contributed by atoms with van der Waals surface area (Å²) < 4.78 is 0. The summed E-state index contributed by atoms with van der Waals surface area (Å²) in [6.45, 7) is 5.69. The van der Waals surface area contributed by atoms with E-state index in [4.69, 9.17) is 0 Å². The Morgan fingerprint density at radius 1 is 1.20 bits per heavy atom. The van der Waals surface area contributed by atoms with E-state index >= 15 is 0 Å². The lowest BCUT2D eigenvalue weighted by atomic mass is 9.94. The number of nitrogens with zero attached hydrogens (tertiary/aromatic N) is 4. The lowest BCUT2D eigenvalue weighted by Crippen LogP contribution is -2.39. The molecule has 1 unspecified atom stereocenters. The lowest BCUT2D eigenvalue weighted by Gasteiger charge is -2.32. The van der Waals surface area contributed by atoms with Crippen LogP contribution in [0, 0.1) is 6.92 Å². The molecule has 2 aromatic heterocycles. The molecule has 4 heterocycles. The summed E-state index contributed by atoms with van der Waals surface area (Å²) in [6, 6.07) is 5.99. The summed E-state index contributed by atoms with van der Waals surface area (Å²) in [5.41, 5.74) is 2.82. The minimum atomic E-state index is 0.0810. The number of hydrogen-bond acceptors (Lipinski definition) is 4. The van der Waals surface area contributed by atoms with Gasteiger partial charge >= 0.3 is 0 Å². The van der Waals surface area contributed by atoms with Crippen molar-refractivity contribution in [3.05, 3.63) is 41.3 Å². The van der Waals surface area contributed by atoms with E-state index < -0.39 is 0 Å². The minimum absolute atomic E-state index is 0.0810. The Hall–Kier alpha value is -2.37. The first kappa shape index (κ1) is 16.1. The van der Waals surface area contributed by atoms with Gasteiger partial charge in [-0.3, -0.25) is 9.89 Å². The highest BCUT2D eigenvalue weighted by molar-refractivity contribution is 5.94. The minimum Gasteiger partial charge on any atom is -0.357 e. The summed E-state index contributed by atoms with van der Waals surface area (Å²) in [7, 11) is 0. The van der Waals surface area contributed by atoms with Crippen LogP contribution in [0.3, 0.4) is 0 Å². The van der Waals surface area contributed by atoms with Crippen LogP contribution in [0.1, 0.15) is 53.3 Å². The number of aromatic nitrogens is 3. The maximum absolute atomic E-state index is 12.9. The van der Waals surface area contributed by atoms with Crippen LogP contribution in [0.2, 0.25) is 0 Å². The van der Waals surface area contributed by atoms with E-state index in [1.807, 2.05) is 24.0 Å². The fourth-order valence-electron chi connectivity index (χ4n) is 3.88. The quantitative estimate of drug-likeness (QED) is 0.934. The normalized spacial score (nSPS) is 20.9. The summed E-state index contributed by atoms with van der Waals surface area (Å²) in [6.07, 6.45) is 6.29. The molecule has 6 nitrogen and oxygen atoms in total. The third-order valence-electron chi connectivity index (χ3n) is 5.28. The van der Waals surface area contributed by atoms with E-state index in [0.717, 1.165) is 56.2 Å². The van der Waals surface area contributed by atoms with E-state index in [2.05, 4.69) is 26.1 Å². The monoisotopic (exact) mass is 339 g/mol. The second kappa shape index (κ2) is 6.86. The van der Waals surface area contributed by atoms with Crippen LogP contribution in [0.25, 0.3) is 0 Å². The topological polar surface area (TPSA) is 65.1 Å². The molecule has 0 aromatic carbocycles. The molecular formula is C19H25N5O. The van der Waals surface area contributed by atoms with Crippen LogP contribution in [0.5, 0.6) is 0 Å². The number of aromatic amines is 1. The number of aryl methyl sites for hydroxylation is 1. The molecular weight excluding hydrogens is 314 g/mol. The molecule has 6 heteroatoms. The summed E-state index contributed by atoms with van der Waals surface area (Å²) >= 11 is 0. The number of carbonyl (C=O) groups excluding carboxylic acids is 1. The summed E-state index contributed by atoms with van der Waals surface area (Å²) in [5, 5.41) is 7.39. The SMILES string of the molecule is Cc1cc(C2CCCN(C(=O)c3ccc(N4CCCC4)nc3)C2)n[nH]1. The van der Waals surface area contributed by atoms with Crippen molar-refractivity contribution in [2.75, 3.05) is 31.1 Å². The zero-order valence-electron chi connectivity index (χ0n) is 14.7. The Morgan fingerprint density at radius 3 is 2.72 bits per heavy atom. The Morgan fingerprint density at radius 2 is 2.04 bits per heavy atom. The number of piperidine rings is 1. The number of hydrogen-bond donors (Lipinski definition) is 1. The predicted molar refractivity (Wildman–Crippen MR) is 96.9 cm³/mol. The molecule has 1 amide bonds. The average molecular weight is 339 g/mol. The van der Waals surface area contributed by atoms with Crippen molar-refractivity contribution in [3.63, 3.8) is 0 Å². The molecule has 0 bridgehead atoms. The molecule has 2 aliphatic heterocycles. The van der Waals surface area contributed by atoms with Gasteiger partial charge in [-0.25, -0.2) is 4.98 Å². The number of likely N-dealkylation sites (tertiary alicyclic amines) is 1. The van der Waals surface area contributed by atoms with Crippen LogP contribution in [-0.4, -0.2) is 52.2 Å². The Balaban J connectivity index is 1.44. The Labute approximate surface area is 148 Å². The molecule has 2 aromatic rings. The molecule has 1 atom stereocenters. The van der Waals surface area contributed by atoms with Gasteiger partial charge in [0, 0.05) is 44.0 Å². The van der Waals surface area contributed by atoms with E-state index in [1.54, 1.807) is 6.20 Å². The number of H-pyrrole nitrogens is 1. The lowest BCUT2D eigenvalue weighted by molar-refractivity contribution is 0.0705. The van der Waals surface area contributed by atoms with Gasteiger partial charge < -0.3 is 9.80 Å². The van der Waals surface area contributed by atoms with E-state index in [0.29, 0.717) is 11.5 Å². The van der Waals surface area contributed by atoms with E-state index in [1.165, 1.54) is 12.8 Å². The molecule has 132 valence electrons. The number of nitrogens with one attached hydrogen (secondary N) is 1. The number of pyridine rings is 1. The summed E-state index contributed by atoms with van der Waals surface area (Å²) in [5.74, 6) is 1.38.